The Balaban J connectivity index is 1.80. The highest BCUT2D eigenvalue weighted by Gasteiger charge is 2.35. The fraction of sp³-hybridized carbons (Fsp3) is 0.273. The molecule has 0 bridgehead atoms. The number of anilines is 2. The van der Waals surface area contributed by atoms with E-state index in [1.165, 1.54) is 32.4 Å². The van der Waals surface area contributed by atoms with E-state index in [0.717, 1.165) is 11.3 Å². The monoisotopic (exact) mass is 410 g/mol. The molecule has 8 heteroatoms. The second-order valence-corrected chi connectivity index (χ2v) is 6.96. The van der Waals surface area contributed by atoms with Crippen molar-refractivity contribution < 1.29 is 28.7 Å². The SMILES string of the molecule is COC(=O)c1cc(NC(=O)C2CC(=O)N(c3ccccc3C)C2)cc(C(=O)OC)c1. The Morgan fingerprint density at radius 1 is 1.00 bits per heavy atom. The fourth-order valence-electron chi connectivity index (χ4n) is 3.40. The van der Waals surface area contributed by atoms with Crippen LogP contribution in [0.3, 0.4) is 0 Å². The lowest BCUT2D eigenvalue weighted by atomic mass is 10.1. The van der Waals surface area contributed by atoms with Gasteiger partial charge >= 0.3 is 11.9 Å². The first kappa shape index (κ1) is 21.0. The van der Waals surface area contributed by atoms with Gasteiger partial charge in [-0.25, -0.2) is 9.59 Å². The molecule has 0 spiro atoms. The first-order valence-corrected chi connectivity index (χ1v) is 9.32. The van der Waals surface area contributed by atoms with Crippen molar-refractivity contribution in [2.75, 3.05) is 31.0 Å². The molecular formula is C22H22N2O6. The Labute approximate surface area is 173 Å². The molecule has 2 amide bonds. The number of aryl methyl sites for hydroxylation is 1. The molecule has 1 N–H and O–H groups in total. The molecule has 0 radical (unpaired) electrons. The van der Waals surface area contributed by atoms with E-state index in [2.05, 4.69) is 5.32 Å². The smallest absolute Gasteiger partial charge is 0.337 e. The van der Waals surface area contributed by atoms with E-state index in [0.29, 0.717) is 0 Å². The van der Waals surface area contributed by atoms with Crippen LogP contribution in [0.4, 0.5) is 11.4 Å². The van der Waals surface area contributed by atoms with Crippen LogP contribution >= 0.6 is 0 Å². The average Bonchev–Trinajstić information content (AvgIpc) is 3.14. The number of carbonyl (C=O) groups is 4. The molecule has 1 unspecified atom stereocenters. The number of rotatable bonds is 5. The van der Waals surface area contributed by atoms with Crippen molar-refractivity contribution in [1.29, 1.82) is 0 Å². The number of hydrogen-bond donors (Lipinski definition) is 1. The Hall–Kier alpha value is -3.68. The van der Waals surface area contributed by atoms with E-state index in [1.54, 1.807) is 4.90 Å². The molecule has 1 aliphatic heterocycles. The highest BCUT2D eigenvalue weighted by molar-refractivity contribution is 6.05. The van der Waals surface area contributed by atoms with Gasteiger partial charge in [0.2, 0.25) is 11.8 Å². The Morgan fingerprint density at radius 3 is 2.17 bits per heavy atom. The number of nitrogens with zero attached hydrogens (tertiary/aromatic N) is 1. The molecule has 1 heterocycles. The van der Waals surface area contributed by atoms with Crippen LogP contribution < -0.4 is 10.2 Å². The quantitative estimate of drug-likeness (QED) is 0.760. The maximum absolute atomic E-state index is 12.8. The average molecular weight is 410 g/mol. The molecule has 8 nitrogen and oxygen atoms in total. The Bertz CT molecular complexity index is 982. The third kappa shape index (κ3) is 4.32. The van der Waals surface area contributed by atoms with Crippen LogP contribution in [-0.2, 0) is 19.1 Å². The summed E-state index contributed by atoms with van der Waals surface area (Å²) in [4.78, 5) is 50.7. The third-order valence-corrected chi connectivity index (χ3v) is 4.94. The topological polar surface area (TPSA) is 102 Å². The van der Waals surface area contributed by atoms with E-state index in [-0.39, 0.29) is 41.6 Å². The van der Waals surface area contributed by atoms with Gasteiger partial charge in [0.05, 0.1) is 31.3 Å². The minimum Gasteiger partial charge on any atom is -0.465 e. The van der Waals surface area contributed by atoms with Crippen molar-refractivity contribution in [2.45, 2.75) is 13.3 Å². The van der Waals surface area contributed by atoms with E-state index < -0.39 is 17.9 Å². The molecule has 1 saturated heterocycles. The van der Waals surface area contributed by atoms with Crippen molar-refractivity contribution in [3.8, 4) is 0 Å². The van der Waals surface area contributed by atoms with Crippen LogP contribution in [-0.4, -0.2) is 44.5 Å². The molecule has 1 atom stereocenters. The van der Waals surface area contributed by atoms with Crippen molar-refractivity contribution in [3.63, 3.8) is 0 Å². The van der Waals surface area contributed by atoms with Crippen molar-refractivity contribution >= 4 is 35.1 Å². The molecule has 2 aromatic carbocycles. The molecule has 0 aliphatic carbocycles. The molecule has 1 fully saturated rings. The van der Waals surface area contributed by atoms with Gasteiger partial charge < -0.3 is 19.7 Å². The van der Waals surface area contributed by atoms with Crippen LogP contribution in [0.5, 0.6) is 0 Å². The number of para-hydroxylation sites is 1. The molecule has 0 aromatic heterocycles. The van der Waals surface area contributed by atoms with Crippen LogP contribution in [0.25, 0.3) is 0 Å². The predicted molar refractivity (Wildman–Crippen MR) is 109 cm³/mol. The molecule has 1 aliphatic rings. The first-order chi connectivity index (χ1) is 14.3. The van der Waals surface area contributed by atoms with Crippen molar-refractivity contribution in [2.24, 2.45) is 5.92 Å². The number of nitrogens with one attached hydrogen (secondary N) is 1. The minimum atomic E-state index is -0.655. The standard InChI is InChI=1S/C22H22N2O6/c1-13-6-4-5-7-18(13)24-12-16(11-19(24)25)20(26)23-17-9-14(21(27)29-2)8-15(10-17)22(28)30-3/h4-10,16H,11-12H2,1-3H3,(H,23,26). The predicted octanol–water partition coefficient (Wildman–Crippen LogP) is 2.56. The van der Waals surface area contributed by atoms with E-state index in [9.17, 15) is 19.2 Å². The summed E-state index contributed by atoms with van der Waals surface area (Å²) >= 11 is 0. The number of hydrogen-bond acceptors (Lipinski definition) is 6. The van der Waals surface area contributed by atoms with Gasteiger partial charge in [0.25, 0.3) is 0 Å². The number of methoxy groups -OCH3 is 2. The minimum absolute atomic E-state index is 0.0702. The number of benzene rings is 2. The summed E-state index contributed by atoms with van der Waals surface area (Å²) in [7, 11) is 2.44. The Morgan fingerprint density at radius 2 is 1.60 bits per heavy atom. The van der Waals surface area contributed by atoms with Gasteiger partial charge in [0.15, 0.2) is 0 Å². The summed E-state index contributed by atoms with van der Waals surface area (Å²) in [5.74, 6) is -2.39. The van der Waals surface area contributed by atoms with Gasteiger partial charge in [-0.15, -0.1) is 0 Å². The molecule has 156 valence electrons. The number of esters is 2. The molecular weight excluding hydrogens is 388 g/mol. The lowest BCUT2D eigenvalue weighted by Gasteiger charge is -2.19. The van der Waals surface area contributed by atoms with Gasteiger partial charge in [-0.1, -0.05) is 18.2 Å². The van der Waals surface area contributed by atoms with E-state index >= 15 is 0 Å². The highest BCUT2D eigenvalue weighted by atomic mass is 16.5. The maximum Gasteiger partial charge on any atom is 0.337 e. The lowest BCUT2D eigenvalue weighted by Crippen LogP contribution is -2.28. The number of ether oxygens (including phenoxy) is 2. The summed E-state index contributed by atoms with van der Waals surface area (Å²) in [6, 6.07) is 11.6. The summed E-state index contributed by atoms with van der Waals surface area (Å²) in [5, 5.41) is 2.70. The summed E-state index contributed by atoms with van der Waals surface area (Å²) in [6.45, 7) is 2.15. The highest BCUT2D eigenvalue weighted by Crippen LogP contribution is 2.28. The summed E-state index contributed by atoms with van der Waals surface area (Å²) < 4.78 is 9.40. The largest absolute Gasteiger partial charge is 0.465 e. The normalized spacial score (nSPS) is 15.6. The number of amides is 2. The van der Waals surface area contributed by atoms with E-state index in [4.69, 9.17) is 9.47 Å². The van der Waals surface area contributed by atoms with Crippen LogP contribution in [0.2, 0.25) is 0 Å². The zero-order valence-electron chi connectivity index (χ0n) is 16.9. The fourth-order valence-corrected chi connectivity index (χ4v) is 3.40. The molecule has 3 rings (SSSR count). The van der Waals surface area contributed by atoms with Crippen molar-refractivity contribution in [3.05, 3.63) is 59.2 Å². The lowest BCUT2D eigenvalue weighted by molar-refractivity contribution is -0.122. The first-order valence-electron chi connectivity index (χ1n) is 9.32. The Kier molecular flexibility index (Phi) is 6.15. The molecule has 0 saturated carbocycles. The van der Waals surface area contributed by atoms with Gasteiger partial charge in [0, 0.05) is 24.3 Å². The molecule has 30 heavy (non-hydrogen) atoms. The van der Waals surface area contributed by atoms with E-state index in [1.807, 2.05) is 31.2 Å². The van der Waals surface area contributed by atoms with Gasteiger partial charge in [-0.05, 0) is 36.8 Å². The zero-order chi connectivity index (χ0) is 21.8. The maximum atomic E-state index is 12.8. The zero-order valence-corrected chi connectivity index (χ0v) is 16.9. The summed E-state index contributed by atoms with van der Waals surface area (Å²) in [6.07, 6.45) is 0.0702. The third-order valence-electron chi connectivity index (χ3n) is 4.94. The summed E-state index contributed by atoms with van der Waals surface area (Å²) in [5.41, 5.74) is 2.16. The van der Waals surface area contributed by atoms with Crippen LogP contribution in [0.15, 0.2) is 42.5 Å². The van der Waals surface area contributed by atoms with Crippen LogP contribution in [0.1, 0.15) is 32.7 Å². The van der Waals surface area contributed by atoms with Crippen LogP contribution in [0, 0.1) is 12.8 Å². The second kappa shape index (κ2) is 8.77. The van der Waals surface area contributed by atoms with Crippen molar-refractivity contribution in [1.82, 2.24) is 0 Å². The van der Waals surface area contributed by atoms with Gasteiger partial charge in [-0.2, -0.15) is 0 Å². The van der Waals surface area contributed by atoms with Gasteiger partial charge in [-0.3, -0.25) is 9.59 Å². The van der Waals surface area contributed by atoms with Gasteiger partial charge in [0.1, 0.15) is 0 Å². The number of carbonyl (C=O) groups excluding carboxylic acids is 4. The molecule has 2 aromatic rings. The second-order valence-electron chi connectivity index (χ2n) is 6.96.